The van der Waals surface area contributed by atoms with Crippen molar-refractivity contribution in [3.63, 3.8) is 0 Å². The number of rotatable bonds is 4. The van der Waals surface area contributed by atoms with E-state index in [4.69, 9.17) is 0 Å². The van der Waals surface area contributed by atoms with Gasteiger partial charge in [-0.1, -0.05) is 33.6 Å². The molecule has 2 atom stereocenters. The summed E-state index contributed by atoms with van der Waals surface area (Å²) in [5.41, 5.74) is 0. The first-order valence-electron chi connectivity index (χ1n) is 8.39. The zero-order chi connectivity index (χ0) is 13.0. The quantitative estimate of drug-likeness (QED) is 0.759. The first-order valence-corrected chi connectivity index (χ1v) is 8.39. The van der Waals surface area contributed by atoms with Gasteiger partial charge in [-0.25, -0.2) is 0 Å². The molecule has 2 saturated carbocycles. The van der Waals surface area contributed by atoms with E-state index in [1.807, 2.05) is 0 Å². The summed E-state index contributed by atoms with van der Waals surface area (Å²) < 4.78 is 0. The summed E-state index contributed by atoms with van der Waals surface area (Å²) in [6.07, 6.45) is 13.0. The first kappa shape index (κ1) is 14.4. The number of nitrogens with one attached hydrogen (secondary N) is 1. The van der Waals surface area contributed by atoms with Crippen LogP contribution < -0.4 is 5.32 Å². The zero-order valence-corrected chi connectivity index (χ0v) is 12.8. The predicted octanol–water partition coefficient (Wildman–Crippen LogP) is 4.76. The van der Waals surface area contributed by atoms with E-state index < -0.39 is 0 Å². The Kier molecular flexibility index (Phi) is 5.54. The van der Waals surface area contributed by atoms with Crippen LogP contribution in [0.25, 0.3) is 0 Å². The minimum absolute atomic E-state index is 0.834. The van der Waals surface area contributed by atoms with Gasteiger partial charge in [0.2, 0.25) is 0 Å². The largest absolute Gasteiger partial charge is 0.311 e. The standard InChI is InChI=1S/C17H33N/c1-13(2)11-15-5-4-6-17(12-15)18-16-9-7-14(3)8-10-16/h13-18H,4-12H2,1-3H3. The van der Waals surface area contributed by atoms with Crippen molar-refractivity contribution < 1.29 is 0 Å². The monoisotopic (exact) mass is 251 g/mol. The van der Waals surface area contributed by atoms with Crippen LogP contribution in [0.1, 0.15) is 78.6 Å². The van der Waals surface area contributed by atoms with Gasteiger partial charge in [-0.05, 0) is 62.7 Å². The molecule has 0 heterocycles. The third kappa shape index (κ3) is 4.57. The van der Waals surface area contributed by atoms with Gasteiger partial charge in [-0.15, -0.1) is 0 Å². The average molecular weight is 251 g/mol. The molecular formula is C17H33N. The van der Waals surface area contributed by atoms with Crippen LogP contribution in [0.4, 0.5) is 0 Å². The highest BCUT2D eigenvalue weighted by atomic mass is 15.0. The van der Waals surface area contributed by atoms with Crippen LogP contribution in [-0.2, 0) is 0 Å². The highest BCUT2D eigenvalue weighted by Crippen LogP contribution is 2.31. The first-order chi connectivity index (χ1) is 8.63. The Labute approximate surface area is 114 Å². The van der Waals surface area contributed by atoms with E-state index in [9.17, 15) is 0 Å². The van der Waals surface area contributed by atoms with E-state index >= 15 is 0 Å². The van der Waals surface area contributed by atoms with Crippen molar-refractivity contribution in [1.82, 2.24) is 5.32 Å². The van der Waals surface area contributed by atoms with E-state index in [1.54, 1.807) is 0 Å². The fourth-order valence-corrected chi connectivity index (χ4v) is 4.08. The van der Waals surface area contributed by atoms with Gasteiger partial charge in [-0.2, -0.15) is 0 Å². The van der Waals surface area contributed by atoms with Gasteiger partial charge in [0, 0.05) is 12.1 Å². The average Bonchev–Trinajstić information content (AvgIpc) is 2.32. The van der Waals surface area contributed by atoms with E-state index in [0.717, 1.165) is 29.8 Å². The summed E-state index contributed by atoms with van der Waals surface area (Å²) in [6, 6.07) is 1.67. The van der Waals surface area contributed by atoms with Gasteiger partial charge in [0.25, 0.3) is 0 Å². The molecule has 1 nitrogen and oxygen atoms in total. The molecule has 0 bridgehead atoms. The van der Waals surface area contributed by atoms with Gasteiger partial charge < -0.3 is 5.32 Å². The summed E-state index contributed by atoms with van der Waals surface area (Å²) in [5.74, 6) is 2.85. The van der Waals surface area contributed by atoms with Gasteiger partial charge in [0.1, 0.15) is 0 Å². The van der Waals surface area contributed by atoms with Crippen LogP contribution >= 0.6 is 0 Å². The Bertz CT molecular complexity index is 228. The second-order valence-electron chi connectivity index (χ2n) is 7.48. The highest BCUT2D eigenvalue weighted by Gasteiger charge is 2.26. The fraction of sp³-hybridized carbons (Fsp3) is 1.00. The number of hydrogen-bond donors (Lipinski definition) is 1. The molecule has 2 fully saturated rings. The summed E-state index contributed by atoms with van der Waals surface area (Å²) >= 11 is 0. The molecular weight excluding hydrogens is 218 g/mol. The Hall–Kier alpha value is -0.0400. The Morgan fingerprint density at radius 3 is 2.33 bits per heavy atom. The zero-order valence-electron chi connectivity index (χ0n) is 12.8. The minimum atomic E-state index is 0.834. The Balaban J connectivity index is 1.72. The smallest absolute Gasteiger partial charge is 0.00722 e. The van der Waals surface area contributed by atoms with E-state index in [1.165, 1.54) is 57.8 Å². The molecule has 1 heteroatoms. The molecule has 0 amide bonds. The maximum absolute atomic E-state index is 3.98. The molecule has 18 heavy (non-hydrogen) atoms. The van der Waals surface area contributed by atoms with E-state index in [-0.39, 0.29) is 0 Å². The van der Waals surface area contributed by atoms with Crippen molar-refractivity contribution in [2.75, 3.05) is 0 Å². The van der Waals surface area contributed by atoms with Crippen LogP contribution in [-0.4, -0.2) is 12.1 Å². The second kappa shape index (κ2) is 6.93. The lowest BCUT2D eigenvalue weighted by Gasteiger charge is -2.35. The maximum Gasteiger partial charge on any atom is 0.00722 e. The fourth-order valence-electron chi connectivity index (χ4n) is 4.08. The Morgan fingerprint density at radius 1 is 0.944 bits per heavy atom. The second-order valence-corrected chi connectivity index (χ2v) is 7.48. The van der Waals surface area contributed by atoms with Crippen molar-refractivity contribution in [3.05, 3.63) is 0 Å². The molecule has 2 aliphatic rings. The summed E-state index contributed by atoms with van der Waals surface area (Å²) in [4.78, 5) is 0. The van der Waals surface area contributed by atoms with Gasteiger partial charge in [0.15, 0.2) is 0 Å². The third-order valence-corrected chi connectivity index (χ3v) is 5.07. The van der Waals surface area contributed by atoms with Crippen LogP contribution in [0.2, 0.25) is 0 Å². The molecule has 0 aliphatic heterocycles. The summed E-state index contributed by atoms with van der Waals surface area (Å²) in [6.45, 7) is 7.16. The molecule has 2 aliphatic carbocycles. The summed E-state index contributed by atoms with van der Waals surface area (Å²) in [5, 5.41) is 3.98. The van der Waals surface area contributed by atoms with Crippen LogP contribution in [0, 0.1) is 17.8 Å². The molecule has 2 rings (SSSR count). The van der Waals surface area contributed by atoms with Gasteiger partial charge in [0.05, 0.1) is 0 Å². The van der Waals surface area contributed by atoms with E-state index in [2.05, 4.69) is 26.1 Å². The lowest BCUT2D eigenvalue weighted by atomic mass is 9.80. The molecule has 0 aromatic rings. The molecule has 2 unspecified atom stereocenters. The van der Waals surface area contributed by atoms with Crippen molar-refractivity contribution in [2.45, 2.75) is 90.6 Å². The SMILES string of the molecule is CC(C)CC1CCCC(NC2CCC(C)CC2)C1. The lowest BCUT2D eigenvalue weighted by molar-refractivity contribution is 0.214. The molecule has 0 saturated heterocycles. The van der Waals surface area contributed by atoms with Crippen LogP contribution in [0.5, 0.6) is 0 Å². The Morgan fingerprint density at radius 2 is 1.67 bits per heavy atom. The topological polar surface area (TPSA) is 12.0 Å². The number of hydrogen-bond acceptors (Lipinski definition) is 1. The lowest BCUT2D eigenvalue weighted by Crippen LogP contribution is -2.42. The van der Waals surface area contributed by atoms with Crippen LogP contribution in [0.15, 0.2) is 0 Å². The normalized spacial score (nSPS) is 38.0. The predicted molar refractivity (Wildman–Crippen MR) is 79.8 cm³/mol. The van der Waals surface area contributed by atoms with Crippen molar-refractivity contribution in [1.29, 1.82) is 0 Å². The van der Waals surface area contributed by atoms with Gasteiger partial charge >= 0.3 is 0 Å². The summed E-state index contributed by atoms with van der Waals surface area (Å²) in [7, 11) is 0. The maximum atomic E-state index is 3.98. The van der Waals surface area contributed by atoms with Crippen molar-refractivity contribution >= 4 is 0 Å². The van der Waals surface area contributed by atoms with Crippen molar-refractivity contribution in [3.8, 4) is 0 Å². The molecule has 0 spiro atoms. The van der Waals surface area contributed by atoms with Gasteiger partial charge in [-0.3, -0.25) is 0 Å². The molecule has 1 N–H and O–H groups in total. The third-order valence-electron chi connectivity index (χ3n) is 5.07. The van der Waals surface area contributed by atoms with Crippen LogP contribution in [0.3, 0.4) is 0 Å². The van der Waals surface area contributed by atoms with Crippen molar-refractivity contribution in [2.24, 2.45) is 17.8 Å². The molecule has 0 aromatic heterocycles. The molecule has 0 aromatic carbocycles. The highest BCUT2D eigenvalue weighted by molar-refractivity contribution is 4.83. The van der Waals surface area contributed by atoms with E-state index in [0.29, 0.717) is 0 Å². The minimum Gasteiger partial charge on any atom is -0.311 e. The molecule has 106 valence electrons. The molecule has 0 radical (unpaired) electrons.